The number of rotatable bonds is 3. The smallest absolute Gasteiger partial charge is 0.323 e. The van der Waals surface area contributed by atoms with Crippen molar-refractivity contribution < 1.29 is 14.3 Å². The minimum Gasteiger partial charge on any atom is -0.506 e. The predicted molar refractivity (Wildman–Crippen MR) is 82.7 cm³/mol. The van der Waals surface area contributed by atoms with Crippen LogP contribution in [0, 0.1) is 5.82 Å². The molecule has 0 fully saturated rings. The van der Waals surface area contributed by atoms with Crippen LogP contribution in [0.1, 0.15) is 5.56 Å². The number of phenols is 1. The lowest BCUT2D eigenvalue weighted by molar-refractivity contribution is 0.262. The van der Waals surface area contributed by atoms with Gasteiger partial charge in [-0.3, -0.25) is 0 Å². The van der Waals surface area contributed by atoms with Crippen molar-refractivity contribution in [3.8, 4) is 5.75 Å². The number of aromatic hydroxyl groups is 1. The van der Waals surface area contributed by atoms with Crippen molar-refractivity contribution >= 4 is 33.3 Å². The second-order valence-electron chi connectivity index (χ2n) is 4.26. The van der Waals surface area contributed by atoms with Crippen LogP contribution in [0.2, 0.25) is 0 Å². The monoisotopic (exact) mass is 353 g/mol. The third-order valence-corrected chi connectivity index (χ3v) is 3.22. The highest BCUT2D eigenvalue weighted by Crippen LogP contribution is 2.27. The van der Waals surface area contributed by atoms with Crippen molar-refractivity contribution in [3.05, 3.63) is 52.3 Å². The summed E-state index contributed by atoms with van der Waals surface area (Å²) in [6, 6.07) is 8.17. The van der Waals surface area contributed by atoms with Crippen LogP contribution in [0.3, 0.4) is 0 Å². The number of phenolic OH excluding ortho intramolecular Hbond substituents is 1. The molecule has 7 heteroatoms. The van der Waals surface area contributed by atoms with Gasteiger partial charge in [0.1, 0.15) is 11.6 Å². The highest BCUT2D eigenvalue weighted by atomic mass is 79.9. The van der Waals surface area contributed by atoms with Crippen molar-refractivity contribution in [2.24, 2.45) is 5.73 Å². The van der Waals surface area contributed by atoms with Gasteiger partial charge in [0.25, 0.3) is 0 Å². The van der Waals surface area contributed by atoms with Gasteiger partial charge in [0.05, 0.1) is 11.4 Å². The summed E-state index contributed by atoms with van der Waals surface area (Å²) >= 11 is 3.19. The molecule has 0 aromatic heterocycles. The van der Waals surface area contributed by atoms with Crippen molar-refractivity contribution in [1.29, 1.82) is 0 Å². The summed E-state index contributed by atoms with van der Waals surface area (Å²) in [6.45, 7) is 0.240. The summed E-state index contributed by atoms with van der Waals surface area (Å²) in [5.41, 5.74) is 6.40. The second kappa shape index (κ2) is 6.55. The number of carbonyl (C=O) groups excluding carboxylic acids is 1. The van der Waals surface area contributed by atoms with Crippen LogP contribution in [0.5, 0.6) is 5.75 Å². The van der Waals surface area contributed by atoms with E-state index in [-0.39, 0.29) is 23.7 Å². The Kier molecular flexibility index (Phi) is 4.77. The van der Waals surface area contributed by atoms with Gasteiger partial charge in [-0.25, -0.2) is 9.18 Å². The van der Waals surface area contributed by atoms with Crippen LogP contribution in [-0.2, 0) is 6.54 Å². The first-order chi connectivity index (χ1) is 9.99. The Morgan fingerprint density at radius 3 is 2.57 bits per heavy atom. The molecule has 5 nitrogen and oxygen atoms in total. The van der Waals surface area contributed by atoms with Gasteiger partial charge in [-0.1, -0.05) is 22.0 Å². The number of anilines is 2. The molecule has 0 saturated heterocycles. The van der Waals surface area contributed by atoms with Gasteiger partial charge in [0, 0.05) is 11.0 Å². The fourth-order valence-electron chi connectivity index (χ4n) is 1.68. The Bertz CT molecular complexity index is 679. The van der Waals surface area contributed by atoms with E-state index in [4.69, 9.17) is 5.73 Å². The van der Waals surface area contributed by atoms with Gasteiger partial charge in [-0.15, -0.1) is 0 Å². The van der Waals surface area contributed by atoms with Gasteiger partial charge in [0.2, 0.25) is 0 Å². The number of nitrogens with two attached hydrogens (primary N) is 1. The van der Waals surface area contributed by atoms with E-state index in [9.17, 15) is 14.3 Å². The molecule has 0 heterocycles. The molecule has 2 amide bonds. The van der Waals surface area contributed by atoms with E-state index in [0.29, 0.717) is 10.0 Å². The van der Waals surface area contributed by atoms with Gasteiger partial charge in [-0.2, -0.15) is 0 Å². The lowest BCUT2D eigenvalue weighted by atomic mass is 10.2. The molecule has 0 radical (unpaired) electrons. The van der Waals surface area contributed by atoms with E-state index in [1.165, 1.54) is 24.3 Å². The van der Waals surface area contributed by atoms with Gasteiger partial charge >= 0.3 is 6.03 Å². The first-order valence-electron chi connectivity index (χ1n) is 6.04. The molecule has 2 rings (SSSR count). The molecular formula is C14H13BrFN3O2. The van der Waals surface area contributed by atoms with Crippen LogP contribution in [0.25, 0.3) is 0 Å². The lowest BCUT2D eigenvalue weighted by Crippen LogP contribution is -2.20. The van der Waals surface area contributed by atoms with Gasteiger partial charge in [0.15, 0.2) is 0 Å². The fourth-order valence-corrected chi connectivity index (χ4v) is 2.03. The molecule has 0 saturated carbocycles. The molecule has 2 aromatic rings. The maximum absolute atomic E-state index is 13.6. The van der Waals surface area contributed by atoms with Crippen LogP contribution in [0.15, 0.2) is 40.9 Å². The van der Waals surface area contributed by atoms with Crippen LogP contribution in [0.4, 0.5) is 20.6 Å². The van der Waals surface area contributed by atoms with E-state index >= 15 is 0 Å². The Hall–Kier alpha value is -2.12. The van der Waals surface area contributed by atoms with Gasteiger partial charge < -0.3 is 21.5 Å². The number of nitrogens with one attached hydrogen (secondary N) is 2. The zero-order valence-electron chi connectivity index (χ0n) is 10.9. The normalized spacial score (nSPS) is 10.2. The van der Waals surface area contributed by atoms with Gasteiger partial charge in [-0.05, 0) is 35.9 Å². The molecule has 21 heavy (non-hydrogen) atoms. The quantitative estimate of drug-likeness (QED) is 0.637. The molecule has 0 unspecified atom stereocenters. The molecule has 5 N–H and O–H groups in total. The van der Waals surface area contributed by atoms with E-state index in [2.05, 4.69) is 26.6 Å². The molecular weight excluding hydrogens is 341 g/mol. The minimum atomic E-state index is -0.666. The number of carbonyl (C=O) groups is 1. The van der Waals surface area contributed by atoms with Crippen molar-refractivity contribution in [2.45, 2.75) is 6.54 Å². The van der Waals surface area contributed by atoms with E-state index in [1.54, 1.807) is 12.1 Å². The largest absolute Gasteiger partial charge is 0.506 e. The topological polar surface area (TPSA) is 87.4 Å². The average molecular weight is 354 g/mol. The SMILES string of the molecule is NCc1ccc(F)c(NC(=O)Nc2ccc(Br)cc2O)c1. The second-order valence-corrected chi connectivity index (χ2v) is 5.17. The maximum Gasteiger partial charge on any atom is 0.323 e. The summed E-state index contributed by atoms with van der Waals surface area (Å²) in [4.78, 5) is 11.8. The Balaban J connectivity index is 2.11. The molecule has 0 aliphatic heterocycles. The zero-order chi connectivity index (χ0) is 15.4. The fraction of sp³-hybridized carbons (Fsp3) is 0.0714. The summed E-state index contributed by atoms with van der Waals surface area (Å²) in [6.07, 6.45) is 0. The minimum absolute atomic E-state index is 0.0204. The summed E-state index contributed by atoms with van der Waals surface area (Å²) in [5.74, 6) is -0.668. The average Bonchev–Trinajstić information content (AvgIpc) is 2.44. The number of hydrogen-bond donors (Lipinski definition) is 4. The van der Waals surface area contributed by atoms with E-state index in [1.807, 2.05) is 0 Å². The van der Waals surface area contributed by atoms with Crippen LogP contribution < -0.4 is 16.4 Å². The summed E-state index contributed by atoms with van der Waals surface area (Å²) in [5, 5.41) is 14.5. The molecule has 0 bridgehead atoms. The van der Waals surface area contributed by atoms with Crippen molar-refractivity contribution in [3.63, 3.8) is 0 Å². The molecule has 0 spiro atoms. The number of urea groups is 1. The third-order valence-electron chi connectivity index (χ3n) is 2.72. The highest BCUT2D eigenvalue weighted by Gasteiger charge is 2.10. The predicted octanol–water partition coefficient (Wildman–Crippen LogP) is 3.40. The highest BCUT2D eigenvalue weighted by molar-refractivity contribution is 9.10. The number of hydrogen-bond acceptors (Lipinski definition) is 3. The van der Waals surface area contributed by atoms with Crippen molar-refractivity contribution in [1.82, 2.24) is 0 Å². The maximum atomic E-state index is 13.6. The number of amides is 2. The zero-order valence-corrected chi connectivity index (χ0v) is 12.4. The molecule has 0 aliphatic carbocycles. The number of halogens is 2. The van der Waals surface area contributed by atoms with E-state index in [0.717, 1.165) is 0 Å². The molecule has 0 aliphatic rings. The third kappa shape index (κ3) is 3.93. The summed E-state index contributed by atoms with van der Waals surface area (Å²) < 4.78 is 14.3. The molecule has 0 atom stereocenters. The molecule has 110 valence electrons. The standard InChI is InChI=1S/C14H13BrFN3O2/c15-9-2-4-11(13(20)6-9)18-14(21)19-12-5-8(7-17)1-3-10(12)16/h1-6,20H,7,17H2,(H2,18,19,21). The first kappa shape index (κ1) is 15.3. The first-order valence-corrected chi connectivity index (χ1v) is 6.84. The Labute approximate surface area is 129 Å². The molecule has 2 aromatic carbocycles. The number of benzene rings is 2. The summed E-state index contributed by atoms with van der Waals surface area (Å²) in [7, 11) is 0. The Morgan fingerprint density at radius 1 is 1.19 bits per heavy atom. The Morgan fingerprint density at radius 2 is 1.90 bits per heavy atom. The van der Waals surface area contributed by atoms with Crippen molar-refractivity contribution in [2.75, 3.05) is 10.6 Å². The van der Waals surface area contributed by atoms with Crippen LogP contribution >= 0.6 is 15.9 Å². The van der Waals surface area contributed by atoms with E-state index < -0.39 is 11.8 Å². The van der Waals surface area contributed by atoms with Crippen LogP contribution in [-0.4, -0.2) is 11.1 Å². The lowest BCUT2D eigenvalue weighted by Gasteiger charge is -2.10.